The lowest BCUT2D eigenvalue weighted by Crippen LogP contribution is -2.46. The van der Waals surface area contributed by atoms with Crippen LogP contribution in [0.5, 0.6) is 17.2 Å². The molecule has 2 aliphatic rings. The van der Waals surface area contributed by atoms with Crippen LogP contribution in [-0.2, 0) is 11.3 Å². The number of piperidine rings is 1. The van der Waals surface area contributed by atoms with Crippen molar-refractivity contribution < 1.29 is 19.0 Å². The summed E-state index contributed by atoms with van der Waals surface area (Å²) in [6.07, 6.45) is 4.97. The zero-order chi connectivity index (χ0) is 24.0. The molecule has 1 fully saturated rings. The van der Waals surface area contributed by atoms with Gasteiger partial charge in [-0.2, -0.15) is 0 Å². The Labute approximate surface area is 206 Å². The maximum atomic E-state index is 13.3. The van der Waals surface area contributed by atoms with Gasteiger partial charge in [-0.3, -0.25) is 14.7 Å². The molecule has 1 saturated heterocycles. The number of rotatable bonds is 6. The van der Waals surface area contributed by atoms with Crippen LogP contribution < -0.4 is 14.2 Å². The molecule has 3 heterocycles. The predicted molar refractivity (Wildman–Crippen MR) is 133 cm³/mol. The lowest BCUT2D eigenvalue weighted by Gasteiger charge is -2.34. The number of methoxy groups -OCH3 is 1. The molecule has 1 amide bonds. The van der Waals surface area contributed by atoms with Crippen molar-refractivity contribution >= 4 is 5.91 Å². The van der Waals surface area contributed by atoms with Gasteiger partial charge in [-0.05, 0) is 24.3 Å². The first-order valence-corrected chi connectivity index (χ1v) is 12.1. The molecule has 0 unspecified atom stereocenters. The molecule has 2 aliphatic heterocycles. The summed E-state index contributed by atoms with van der Waals surface area (Å²) >= 11 is 0. The molecule has 0 saturated carbocycles. The zero-order valence-electron chi connectivity index (χ0n) is 20.0. The lowest BCUT2D eigenvalue weighted by atomic mass is 10.1. The Hall–Kier alpha value is -3.58. The maximum absolute atomic E-state index is 13.3. The first-order chi connectivity index (χ1) is 17.2. The van der Waals surface area contributed by atoms with Gasteiger partial charge in [-0.15, -0.1) is 0 Å². The van der Waals surface area contributed by atoms with E-state index in [4.69, 9.17) is 14.2 Å². The Morgan fingerprint density at radius 1 is 1.06 bits per heavy atom. The summed E-state index contributed by atoms with van der Waals surface area (Å²) in [6, 6.07) is 19.8. The lowest BCUT2D eigenvalue weighted by molar-refractivity contribution is -0.134. The zero-order valence-corrected chi connectivity index (χ0v) is 20.0. The van der Waals surface area contributed by atoms with Gasteiger partial charge in [0.2, 0.25) is 5.91 Å². The van der Waals surface area contributed by atoms with Crippen LogP contribution in [0.15, 0.2) is 73.1 Å². The highest BCUT2D eigenvalue weighted by Gasteiger charge is 2.30. The minimum Gasteiger partial charge on any atom is -0.496 e. The second kappa shape index (κ2) is 10.8. The number of hydrogen-bond donors (Lipinski definition) is 0. The van der Waals surface area contributed by atoms with Crippen LogP contribution in [0.3, 0.4) is 0 Å². The molecular weight excluding hydrogens is 442 g/mol. The van der Waals surface area contributed by atoms with Gasteiger partial charge in [0.1, 0.15) is 29.5 Å². The number of para-hydroxylation sites is 2. The number of carbonyl (C=O) groups excluding carboxylic acids is 1. The third kappa shape index (κ3) is 5.57. The van der Waals surface area contributed by atoms with E-state index in [-0.39, 0.29) is 18.1 Å². The molecule has 5 rings (SSSR count). The minimum absolute atomic E-state index is 0.108. The number of aromatic nitrogens is 1. The molecule has 1 atom stereocenters. The van der Waals surface area contributed by atoms with Crippen molar-refractivity contribution in [3.8, 4) is 17.2 Å². The van der Waals surface area contributed by atoms with Crippen LogP contribution in [0.2, 0.25) is 0 Å². The van der Waals surface area contributed by atoms with Gasteiger partial charge in [-0.25, -0.2) is 0 Å². The van der Waals surface area contributed by atoms with Crippen LogP contribution in [0, 0.1) is 0 Å². The van der Waals surface area contributed by atoms with Crippen molar-refractivity contribution in [2.75, 3.05) is 33.3 Å². The molecule has 0 N–H and O–H groups in total. The molecule has 3 aromatic rings. The minimum atomic E-state index is -0.235. The summed E-state index contributed by atoms with van der Waals surface area (Å²) in [5.74, 6) is 2.57. The molecule has 1 aromatic heterocycles. The van der Waals surface area contributed by atoms with Crippen LogP contribution in [0.1, 0.15) is 30.1 Å². The van der Waals surface area contributed by atoms with E-state index in [2.05, 4.69) is 16.0 Å². The Morgan fingerprint density at radius 3 is 2.66 bits per heavy atom. The average molecular weight is 474 g/mol. The third-order valence-corrected chi connectivity index (χ3v) is 6.64. The van der Waals surface area contributed by atoms with Crippen molar-refractivity contribution in [3.63, 3.8) is 0 Å². The van der Waals surface area contributed by atoms with E-state index in [1.54, 1.807) is 19.5 Å². The predicted octanol–water partition coefficient (Wildman–Crippen LogP) is 4.10. The maximum Gasteiger partial charge on any atom is 0.236 e. The van der Waals surface area contributed by atoms with Gasteiger partial charge < -0.3 is 19.1 Å². The number of pyridine rings is 1. The van der Waals surface area contributed by atoms with Crippen molar-refractivity contribution in [2.24, 2.45) is 0 Å². The first kappa shape index (κ1) is 23.2. The number of amides is 1. The van der Waals surface area contributed by atoms with Gasteiger partial charge in [0.15, 0.2) is 0 Å². The molecule has 0 radical (unpaired) electrons. The second-order valence-corrected chi connectivity index (χ2v) is 9.01. The van der Waals surface area contributed by atoms with Crippen LogP contribution in [-0.4, -0.2) is 60.1 Å². The van der Waals surface area contributed by atoms with Gasteiger partial charge in [0, 0.05) is 56.3 Å². The molecular formula is C28H31N3O4. The van der Waals surface area contributed by atoms with Crippen molar-refractivity contribution in [2.45, 2.75) is 31.6 Å². The number of fused-ring (bicyclic) bond motifs is 1. The Kier molecular flexibility index (Phi) is 7.14. The highest BCUT2D eigenvalue weighted by molar-refractivity contribution is 5.78. The summed E-state index contributed by atoms with van der Waals surface area (Å²) in [5.41, 5.74) is 2.07. The van der Waals surface area contributed by atoms with E-state index in [0.29, 0.717) is 32.7 Å². The van der Waals surface area contributed by atoms with Crippen LogP contribution >= 0.6 is 0 Å². The Balaban J connectivity index is 1.25. The fraction of sp³-hybridized carbons (Fsp3) is 0.357. The summed E-state index contributed by atoms with van der Waals surface area (Å²) in [5, 5.41) is 0. The normalized spacial score (nSPS) is 18.8. The topological polar surface area (TPSA) is 64.1 Å². The monoisotopic (exact) mass is 473 g/mol. The van der Waals surface area contributed by atoms with Gasteiger partial charge in [-0.1, -0.05) is 36.4 Å². The number of carbonyl (C=O) groups is 1. The van der Waals surface area contributed by atoms with Crippen molar-refractivity contribution in [1.29, 1.82) is 0 Å². The molecule has 7 nitrogen and oxygen atoms in total. The molecule has 0 bridgehead atoms. The van der Waals surface area contributed by atoms with Gasteiger partial charge >= 0.3 is 0 Å². The SMILES string of the molecule is COc1ccccc1[C@@H]1CN(CC(=O)N2CCC(Oc3cccnc3)CC2)Cc2ccccc2O1. The van der Waals surface area contributed by atoms with E-state index < -0.39 is 0 Å². The number of ether oxygens (including phenoxy) is 3. The molecule has 2 aromatic carbocycles. The van der Waals surface area contributed by atoms with Crippen LogP contribution in [0.25, 0.3) is 0 Å². The number of likely N-dealkylation sites (tertiary alicyclic amines) is 1. The number of benzene rings is 2. The third-order valence-electron chi connectivity index (χ3n) is 6.64. The van der Waals surface area contributed by atoms with E-state index in [1.165, 1.54) is 0 Å². The molecule has 0 aliphatic carbocycles. The molecule has 0 spiro atoms. The Bertz CT molecular complexity index is 1130. The summed E-state index contributed by atoms with van der Waals surface area (Å²) in [4.78, 5) is 21.5. The van der Waals surface area contributed by atoms with E-state index in [1.807, 2.05) is 59.5 Å². The average Bonchev–Trinajstić information content (AvgIpc) is 3.08. The Morgan fingerprint density at radius 2 is 1.86 bits per heavy atom. The highest BCUT2D eigenvalue weighted by Crippen LogP contribution is 2.34. The largest absolute Gasteiger partial charge is 0.496 e. The van der Waals surface area contributed by atoms with Gasteiger partial charge in [0.25, 0.3) is 0 Å². The van der Waals surface area contributed by atoms with E-state index in [0.717, 1.165) is 41.2 Å². The summed E-state index contributed by atoms with van der Waals surface area (Å²) < 4.78 is 18.1. The fourth-order valence-electron chi connectivity index (χ4n) is 4.82. The molecule has 7 heteroatoms. The van der Waals surface area contributed by atoms with E-state index >= 15 is 0 Å². The number of hydrogen-bond acceptors (Lipinski definition) is 6. The van der Waals surface area contributed by atoms with Crippen LogP contribution in [0.4, 0.5) is 0 Å². The second-order valence-electron chi connectivity index (χ2n) is 9.01. The van der Waals surface area contributed by atoms with E-state index in [9.17, 15) is 4.79 Å². The quantitative estimate of drug-likeness (QED) is 0.537. The summed E-state index contributed by atoms with van der Waals surface area (Å²) in [7, 11) is 1.67. The van der Waals surface area contributed by atoms with Crippen molar-refractivity contribution in [1.82, 2.24) is 14.8 Å². The molecule has 182 valence electrons. The highest BCUT2D eigenvalue weighted by atomic mass is 16.5. The van der Waals surface area contributed by atoms with Gasteiger partial charge in [0.05, 0.1) is 19.9 Å². The van der Waals surface area contributed by atoms with Crippen molar-refractivity contribution in [3.05, 3.63) is 84.2 Å². The summed E-state index contributed by atoms with van der Waals surface area (Å²) in [6.45, 7) is 2.99. The first-order valence-electron chi connectivity index (χ1n) is 12.1. The smallest absolute Gasteiger partial charge is 0.236 e. The number of nitrogens with zero attached hydrogens (tertiary/aromatic N) is 3. The standard InChI is InChI=1S/C28H31N3O4/c1-33-26-11-5-3-9-24(26)27-19-30(18-21-7-2-4-10-25(21)35-27)20-28(32)31-15-12-22(13-16-31)34-23-8-6-14-29-17-23/h2-11,14,17,22,27H,12-13,15-16,18-20H2,1H3/t27-/m0/s1. The molecule has 35 heavy (non-hydrogen) atoms. The fourth-order valence-corrected chi connectivity index (χ4v) is 4.82.